The first-order chi connectivity index (χ1) is 15.9. The summed E-state index contributed by atoms with van der Waals surface area (Å²) in [6.45, 7) is 10.2. The highest BCUT2D eigenvalue weighted by Crippen LogP contribution is 2.22. The van der Waals surface area contributed by atoms with Crippen LogP contribution in [0.25, 0.3) is 11.6 Å². The van der Waals surface area contributed by atoms with E-state index in [-0.39, 0.29) is 6.61 Å². The second-order valence-corrected chi connectivity index (χ2v) is 8.01. The molecule has 0 saturated carbocycles. The van der Waals surface area contributed by atoms with Gasteiger partial charge in [-0.2, -0.15) is 0 Å². The Bertz CT molecular complexity index is 1040. The molecule has 0 radical (unpaired) electrons. The van der Waals surface area contributed by atoms with Crippen molar-refractivity contribution in [3.63, 3.8) is 0 Å². The van der Waals surface area contributed by atoms with Crippen LogP contribution in [0.15, 0.2) is 85.0 Å². The lowest BCUT2D eigenvalue weighted by molar-refractivity contribution is -0.135. The third-order valence-electron chi connectivity index (χ3n) is 4.91. The largest absolute Gasteiger partial charge is 0.465 e. The van der Waals surface area contributed by atoms with E-state index in [4.69, 9.17) is 9.47 Å². The van der Waals surface area contributed by atoms with Gasteiger partial charge >= 0.3 is 11.9 Å². The van der Waals surface area contributed by atoms with Crippen LogP contribution in [0.5, 0.6) is 0 Å². The molecule has 4 nitrogen and oxygen atoms in total. The van der Waals surface area contributed by atoms with Gasteiger partial charge in [-0.05, 0) is 59.7 Å². The molecule has 0 aromatic heterocycles. The molecular weight excluding hydrogens is 412 g/mol. The highest BCUT2D eigenvalue weighted by Gasteiger charge is 2.15. The molecule has 2 aromatic carbocycles. The fourth-order valence-corrected chi connectivity index (χ4v) is 3.17. The molecule has 0 aliphatic heterocycles. The number of hydrogen-bond acceptors (Lipinski definition) is 4. The number of methoxy groups -OCH3 is 1. The Labute approximate surface area is 196 Å². The van der Waals surface area contributed by atoms with Crippen LogP contribution in [0, 0.1) is 5.92 Å². The minimum Gasteiger partial charge on any atom is -0.465 e. The lowest BCUT2D eigenvalue weighted by Crippen LogP contribution is -2.09. The molecule has 0 saturated heterocycles. The molecule has 0 unspecified atom stereocenters. The molecule has 2 aromatic rings. The van der Waals surface area contributed by atoms with Crippen LogP contribution in [0.1, 0.15) is 47.8 Å². The fourth-order valence-electron chi connectivity index (χ4n) is 3.17. The molecule has 2 rings (SSSR count). The van der Waals surface area contributed by atoms with Crippen molar-refractivity contribution in [2.75, 3.05) is 13.7 Å². The number of benzene rings is 2. The third kappa shape index (κ3) is 8.08. The Kier molecular flexibility index (Phi) is 10.1. The summed E-state index contributed by atoms with van der Waals surface area (Å²) in [6, 6.07) is 14.8. The van der Waals surface area contributed by atoms with Gasteiger partial charge in [-0.3, -0.25) is 0 Å². The first-order valence-electron chi connectivity index (χ1n) is 11.0. The number of carbonyl (C=O) groups is 2. The minimum atomic E-state index is -0.433. The average molecular weight is 445 g/mol. The maximum atomic E-state index is 13.1. The Morgan fingerprint density at radius 2 is 1.64 bits per heavy atom. The fraction of sp³-hybridized carbons (Fsp3) is 0.241. The summed E-state index contributed by atoms with van der Waals surface area (Å²) in [5.74, 6) is -0.293. The van der Waals surface area contributed by atoms with Crippen LogP contribution in [-0.2, 0) is 20.7 Å². The van der Waals surface area contributed by atoms with Crippen LogP contribution in [0.2, 0.25) is 0 Å². The molecular formula is C29H32O4. The molecule has 0 heterocycles. The zero-order valence-electron chi connectivity index (χ0n) is 19.8. The summed E-state index contributed by atoms with van der Waals surface area (Å²) in [5.41, 5.74) is 4.44. The Morgan fingerprint density at radius 3 is 2.18 bits per heavy atom. The number of carbonyl (C=O) groups excluding carboxylic acids is 2. The van der Waals surface area contributed by atoms with E-state index in [2.05, 4.69) is 20.4 Å². The number of hydrogen-bond donors (Lipinski definition) is 0. The van der Waals surface area contributed by atoms with Gasteiger partial charge < -0.3 is 9.47 Å². The van der Waals surface area contributed by atoms with Crippen molar-refractivity contribution in [1.29, 1.82) is 0 Å². The quantitative estimate of drug-likeness (QED) is 0.183. The highest BCUT2D eigenvalue weighted by molar-refractivity contribution is 6.21. The Balaban J connectivity index is 2.36. The van der Waals surface area contributed by atoms with Crippen molar-refractivity contribution in [1.82, 2.24) is 0 Å². The zero-order valence-corrected chi connectivity index (χ0v) is 19.8. The molecule has 0 spiro atoms. The van der Waals surface area contributed by atoms with Gasteiger partial charge in [0, 0.05) is 0 Å². The van der Waals surface area contributed by atoms with E-state index < -0.39 is 11.9 Å². The highest BCUT2D eigenvalue weighted by atomic mass is 16.5. The van der Waals surface area contributed by atoms with E-state index in [1.165, 1.54) is 12.7 Å². The summed E-state index contributed by atoms with van der Waals surface area (Å²) in [7, 11) is 1.34. The maximum absolute atomic E-state index is 13.1. The predicted octanol–water partition coefficient (Wildman–Crippen LogP) is 6.44. The second kappa shape index (κ2) is 13.0. The van der Waals surface area contributed by atoms with Crippen molar-refractivity contribution >= 4 is 23.6 Å². The number of allylic oxidation sites excluding steroid dienone is 3. The summed E-state index contributed by atoms with van der Waals surface area (Å²) >= 11 is 0. The molecule has 0 N–H and O–H groups in total. The summed E-state index contributed by atoms with van der Waals surface area (Å²) in [5, 5.41) is 0. The second-order valence-electron chi connectivity index (χ2n) is 8.01. The first-order valence-corrected chi connectivity index (χ1v) is 11.0. The van der Waals surface area contributed by atoms with E-state index in [1.807, 2.05) is 49.4 Å². The van der Waals surface area contributed by atoms with E-state index >= 15 is 0 Å². The predicted molar refractivity (Wildman–Crippen MR) is 135 cm³/mol. The summed E-state index contributed by atoms with van der Waals surface area (Å²) in [4.78, 5) is 24.8. The minimum absolute atomic E-state index is 0.122. The van der Waals surface area contributed by atoms with Crippen molar-refractivity contribution < 1.29 is 19.1 Å². The maximum Gasteiger partial charge on any atom is 0.339 e. The molecule has 33 heavy (non-hydrogen) atoms. The molecule has 0 aliphatic rings. The van der Waals surface area contributed by atoms with Gasteiger partial charge in [-0.15, -0.1) is 0 Å². The molecule has 0 bridgehead atoms. The molecule has 0 aliphatic carbocycles. The molecule has 0 fully saturated rings. The van der Waals surface area contributed by atoms with Gasteiger partial charge in [0.15, 0.2) is 0 Å². The van der Waals surface area contributed by atoms with Gasteiger partial charge in [-0.25, -0.2) is 9.59 Å². The lowest BCUT2D eigenvalue weighted by Gasteiger charge is -2.11. The zero-order chi connectivity index (χ0) is 24.2. The topological polar surface area (TPSA) is 52.6 Å². The van der Waals surface area contributed by atoms with Crippen LogP contribution in [0.4, 0.5) is 0 Å². The van der Waals surface area contributed by atoms with Crippen molar-refractivity contribution in [3.8, 4) is 0 Å². The van der Waals surface area contributed by atoms with E-state index in [0.717, 1.165) is 23.1 Å². The van der Waals surface area contributed by atoms with Gasteiger partial charge in [-0.1, -0.05) is 81.1 Å². The summed E-state index contributed by atoms with van der Waals surface area (Å²) < 4.78 is 10.3. The monoisotopic (exact) mass is 444 g/mol. The van der Waals surface area contributed by atoms with Crippen LogP contribution in [-0.4, -0.2) is 25.7 Å². The van der Waals surface area contributed by atoms with Gasteiger partial charge in [0.25, 0.3) is 0 Å². The van der Waals surface area contributed by atoms with Crippen molar-refractivity contribution in [3.05, 3.63) is 107 Å². The normalized spacial score (nSPS) is 12.2. The molecule has 0 amide bonds. The van der Waals surface area contributed by atoms with E-state index in [9.17, 15) is 9.59 Å². The SMILES string of the molecule is C=C/C(=C\C=C/C)COC(=O)/C(=C/c1ccc(C(=O)OC)cc1)c1ccc(CC(C)C)cc1. The number of ether oxygens (including phenoxy) is 2. The van der Waals surface area contributed by atoms with E-state index in [1.54, 1.807) is 36.4 Å². The van der Waals surface area contributed by atoms with Crippen LogP contribution >= 0.6 is 0 Å². The molecule has 4 heteroatoms. The third-order valence-corrected chi connectivity index (χ3v) is 4.91. The Hall–Kier alpha value is -3.66. The van der Waals surface area contributed by atoms with Gasteiger partial charge in [0.05, 0.1) is 18.2 Å². The number of esters is 2. The van der Waals surface area contributed by atoms with Crippen LogP contribution in [0.3, 0.4) is 0 Å². The van der Waals surface area contributed by atoms with Crippen LogP contribution < -0.4 is 0 Å². The standard InChI is InChI=1S/C29H32O4/c1-6-8-9-22(7-2)20-33-29(31)27(25-14-10-23(11-15-25)18-21(3)4)19-24-12-16-26(17-13-24)28(30)32-5/h6-17,19,21H,2,18,20H2,1,3-5H3/b8-6-,22-9+,27-19+. The lowest BCUT2D eigenvalue weighted by atomic mass is 9.98. The van der Waals surface area contributed by atoms with Gasteiger partial charge in [0.2, 0.25) is 0 Å². The summed E-state index contributed by atoms with van der Waals surface area (Å²) in [6.07, 6.45) is 10.0. The van der Waals surface area contributed by atoms with E-state index in [0.29, 0.717) is 17.1 Å². The molecule has 0 atom stereocenters. The van der Waals surface area contributed by atoms with Crippen molar-refractivity contribution in [2.45, 2.75) is 27.2 Å². The Morgan fingerprint density at radius 1 is 1.00 bits per heavy atom. The average Bonchev–Trinajstić information content (AvgIpc) is 2.82. The smallest absolute Gasteiger partial charge is 0.339 e. The number of rotatable bonds is 10. The van der Waals surface area contributed by atoms with Crippen molar-refractivity contribution in [2.24, 2.45) is 5.92 Å². The first kappa shape index (κ1) is 25.6. The molecule has 172 valence electrons. The van der Waals surface area contributed by atoms with Gasteiger partial charge in [0.1, 0.15) is 6.61 Å².